The van der Waals surface area contributed by atoms with Crippen molar-refractivity contribution in [3.63, 3.8) is 0 Å². The van der Waals surface area contributed by atoms with Gasteiger partial charge >= 0.3 is 0 Å². The molecule has 0 bridgehead atoms. The third-order valence-corrected chi connectivity index (χ3v) is 1.97. The summed E-state index contributed by atoms with van der Waals surface area (Å²) in [6.45, 7) is 3.81. The van der Waals surface area contributed by atoms with Crippen molar-refractivity contribution >= 4 is 17.7 Å². The van der Waals surface area contributed by atoms with Crippen LogP contribution in [-0.4, -0.2) is 35.7 Å². The second kappa shape index (κ2) is 4.55. The SMILES string of the molecule is C=CC(=O)NCCN1C(=O)CCC1=O. The van der Waals surface area contributed by atoms with Crippen molar-refractivity contribution in [3.8, 4) is 0 Å². The van der Waals surface area contributed by atoms with Gasteiger partial charge in [-0.25, -0.2) is 0 Å². The Morgan fingerprint density at radius 2 is 2.00 bits per heavy atom. The van der Waals surface area contributed by atoms with Crippen LogP contribution in [0.4, 0.5) is 0 Å². The standard InChI is InChI=1S/C9H12N2O3/c1-2-7(12)10-5-6-11-8(13)3-4-9(11)14/h2H,1,3-6H2,(H,10,12). The first-order valence-corrected chi connectivity index (χ1v) is 4.38. The zero-order chi connectivity index (χ0) is 10.6. The molecule has 1 aliphatic rings. The van der Waals surface area contributed by atoms with Gasteiger partial charge in [0.1, 0.15) is 0 Å². The summed E-state index contributed by atoms with van der Waals surface area (Å²) in [5, 5.41) is 2.50. The number of hydrogen-bond acceptors (Lipinski definition) is 3. The molecular weight excluding hydrogens is 184 g/mol. The van der Waals surface area contributed by atoms with Crippen molar-refractivity contribution < 1.29 is 14.4 Å². The first-order valence-electron chi connectivity index (χ1n) is 4.38. The van der Waals surface area contributed by atoms with E-state index in [4.69, 9.17) is 0 Å². The molecule has 0 spiro atoms. The lowest BCUT2D eigenvalue weighted by Gasteiger charge is -2.13. The van der Waals surface area contributed by atoms with Gasteiger partial charge in [-0.1, -0.05) is 6.58 Å². The van der Waals surface area contributed by atoms with E-state index in [9.17, 15) is 14.4 Å². The Bertz CT molecular complexity index is 270. The van der Waals surface area contributed by atoms with Gasteiger partial charge in [-0.05, 0) is 6.08 Å². The quantitative estimate of drug-likeness (QED) is 0.484. The van der Waals surface area contributed by atoms with Gasteiger partial charge in [-0.15, -0.1) is 0 Å². The summed E-state index contributed by atoms with van der Waals surface area (Å²) in [6.07, 6.45) is 1.72. The first kappa shape index (κ1) is 10.4. The van der Waals surface area contributed by atoms with Gasteiger partial charge in [-0.3, -0.25) is 19.3 Å². The molecule has 0 aliphatic carbocycles. The largest absolute Gasteiger partial charge is 0.351 e. The van der Waals surface area contributed by atoms with Gasteiger partial charge in [0.15, 0.2) is 0 Å². The van der Waals surface area contributed by atoms with E-state index >= 15 is 0 Å². The highest BCUT2D eigenvalue weighted by molar-refractivity contribution is 6.01. The molecule has 14 heavy (non-hydrogen) atoms. The number of nitrogens with one attached hydrogen (secondary N) is 1. The van der Waals surface area contributed by atoms with Crippen molar-refractivity contribution in [1.82, 2.24) is 10.2 Å². The first-order chi connectivity index (χ1) is 6.65. The Balaban J connectivity index is 2.30. The van der Waals surface area contributed by atoms with E-state index in [1.165, 1.54) is 4.90 Å². The fourth-order valence-electron chi connectivity index (χ4n) is 1.24. The zero-order valence-electron chi connectivity index (χ0n) is 7.78. The minimum atomic E-state index is -0.302. The molecule has 1 rings (SSSR count). The maximum absolute atomic E-state index is 11.1. The number of likely N-dealkylation sites (tertiary alicyclic amines) is 1. The number of rotatable bonds is 4. The molecule has 0 aromatic heterocycles. The van der Waals surface area contributed by atoms with E-state index in [1.54, 1.807) is 0 Å². The molecule has 1 aliphatic heterocycles. The van der Waals surface area contributed by atoms with Crippen molar-refractivity contribution in [3.05, 3.63) is 12.7 Å². The third kappa shape index (κ3) is 2.42. The second-order valence-corrected chi connectivity index (χ2v) is 2.93. The summed E-state index contributed by atoms with van der Waals surface area (Å²) in [5.41, 5.74) is 0. The highest BCUT2D eigenvalue weighted by atomic mass is 16.2. The minimum Gasteiger partial charge on any atom is -0.351 e. The Morgan fingerprint density at radius 3 is 2.50 bits per heavy atom. The van der Waals surface area contributed by atoms with Crippen LogP contribution < -0.4 is 5.32 Å². The van der Waals surface area contributed by atoms with Crippen LogP contribution in [0.25, 0.3) is 0 Å². The Kier molecular flexibility index (Phi) is 3.39. The van der Waals surface area contributed by atoms with E-state index < -0.39 is 0 Å². The van der Waals surface area contributed by atoms with Gasteiger partial charge in [-0.2, -0.15) is 0 Å². The number of carbonyl (C=O) groups is 3. The molecule has 1 heterocycles. The lowest BCUT2D eigenvalue weighted by Crippen LogP contribution is -2.37. The molecular formula is C9H12N2O3. The van der Waals surface area contributed by atoms with Crippen LogP contribution in [0.15, 0.2) is 12.7 Å². The number of amides is 3. The maximum Gasteiger partial charge on any atom is 0.243 e. The van der Waals surface area contributed by atoms with E-state index in [2.05, 4.69) is 11.9 Å². The topological polar surface area (TPSA) is 66.5 Å². The molecule has 5 nitrogen and oxygen atoms in total. The summed E-state index contributed by atoms with van der Waals surface area (Å²) < 4.78 is 0. The van der Waals surface area contributed by atoms with Crippen molar-refractivity contribution in [2.24, 2.45) is 0 Å². The molecule has 0 atom stereocenters. The van der Waals surface area contributed by atoms with Crippen LogP contribution in [-0.2, 0) is 14.4 Å². The van der Waals surface area contributed by atoms with Crippen LogP contribution in [0, 0.1) is 0 Å². The fraction of sp³-hybridized carbons (Fsp3) is 0.444. The zero-order valence-corrected chi connectivity index (χ0v) is 7.78. The summed E-state index contributed by atoms with van der Waals surface area (Å²) in [6, 6.07) is 0. The lowest BCUT2D eigenvalue weighted by molar-refractivity contribution is -0.138. The molecule has 0 radical (unpaired) electrons. The smallest absolute Gasteiger partial charge is 0.243 e. The molecule has 1 N–H and O–H groups in total. The van der Waals surface area contributed by atoms with E-state index in [0.717, 1.165) is 6.08 Å². The van der Waals surface area contributed by atoms with Crippen LogP contribution in [0.1, 0.15) is 12.8 Å². The van der Waals surface area contributed by atoms with Crippen LogP contribution in [0.3, 0.4) is 0 Å². The van der Waals surface area contributed by atoms with Gasteiger partial charge in [0.25, 0.3) is 0 Å². The molecule has 0 unspecified atom stereocenters. The normalized spacial score (nSPS) is 15.9. The molecule has 76 valence electrons. The molecule has 3 amide bonds. The Labute approximate surface area is 81.8 Å². The van der Waals surface area contributed by atoms with Gasteiger partial charge in [0.2, 0.25) is 17.7 Å². The van der Waals surface area contributed by atoms with Crippen molar-refractivity contribution in [1.29, 1.82) is 0 Å². The second-order valence-electron chi connectivity index (χ2n) is 2.93. The van der Waals surface area contributed by atoms with Crippen LogP contribution in [0.5, 0.6) is 0 Å². The Morgan fingerprint density at radius 1 is 1.43 bits per heavy atom. The minimum absolute atomic E-state index is 0.164. The lowest BCUT2D eigenvalue weighted by atomic mass is 10.4. The predicted molar refractivity (Wildman–Crippen MR) is 49.2 cm³/mol. The predicted octanol–water partition coefficient (Wildman–Crippen LogP) is -0.562. The average molecular weight is 196 g/mol. The number of hydrogen-bond donors (Lipinski definition) is 1. The van der Waals surface area contributed by atoms with Crippen molar-refractivity contribution in [2.45, 2.75) is 12.8 Å². The summed E-state index contributed by atoms with van der Waals surface area (Å²) in [7, 11) is 0. The number of nitrogens with zero attached hydrogens (tertiary/aromatic N) is 1. The fourth-order valence-corrected chi connectivity index (χ4v) is 1.24. The van der Waals surface area contributed by atoms with Crippen LogP contribution >= 0.6 is 0 Å². The highest BCUT2D eigenvalue weighted by Gasteiger charge is 2.27. The molecule has 0 aromatic carbocycles. The summed E-state index contributed by atoms with van der Waals surface area (Å²) in [5.74, 6) is -0.630. The average Bonchev–Trinajstić information content (AvgIpc) is 2.48. The van der Waals surface area contributed by atoms with Crippen LogP contribution in [0.2, 0.25) is 0 Å². The number of carbonyl (C=O) groups excluding carboxylic acids is 3. The monoisotopic (exact) mass is 196 g/mol. The Hall–Kier alpha value is -1.65. The van der Waals surface area contributed by atoms with Gasteiger partial charge in [0.05, 0.1) is 0 Å². The third-order valence-electron chi connectivity index (χ3n) is 1.97. The van der Waals surface area contributed by atoms with Crippen molar-refractivity contribution in [2.75, 3.05) is 13.1 Å². The molecule has 0 saturated carbocycles. The summed E-state index contributed by atoms with van der Waals surface area (Å²) >= 11 is 0. The molecule has 5 heteroatoms. The number of imide groups is 1. The van der Waals surface area contributed by atoms with Gasteiger partial charge in [0, 0.05) is 25.9 Å². The molecule has 1 fully saturated rings. The highest BCUT2D eigenvalue weighted by Crippen LogP contribution is 2.10. The van der Waals surface area contributed by atoms with E-state index in [1.807, 2.05) is 0 Å². The summed E-state index contributed by atoms with van der Waals surface area (Å²) in [4.78, 5) is 34.1. The van der Waals surface area contributed by atoms with Gasteiger partial charge < -0.3 is 5.32 Å². The molecule has 1 saturated heterocycles. The molecule has 0 aromatic rings. The van der Waals surface area contributed by atoms with E-state index in [-0.39, 0.29) is 43.7 Å². The maximum atomic E-state index is 11.1. The van der Waals surface area contributed by atoms with E-state index in [0.29, 0.717) is 0 Å².